The number of rotatable bonds is 7. The Labute approximate surface area is 248 Å². The third kappa shape index (κ3) is 5.92. The summed E-state index contributed by atoms with van der Waals surface area (Å²) in [6.45, 7) is 8.63. The number of benzene rings is 2. The summed E-state index contributed by atoms with van der Waals surface area (Å²) >= 11 is 0. The van der Waals surface area contributed by atoms with Crippen LogP contribution >= 0.6 is 0 Å². The zero-order valence-corrected chi connectivity index (χ0v) is 25.1. The lowest BCUT2D eigenvalue weighted by molar-refractivity contribution is -0.123. The van der Waals surface area contributed by atoms with Gasteiger partial charge < -0.3 is 16.0 Å². The lowest BCUT2D eigenvalue weighted by Crippen LogP contribution is -2.49. The maximum Gasteiger partial charge on any atom is 0.230 e. The molecule has 2 aromatic heterocycles. The molecule has 8 nitrogen and oxygen atoms in total. The maximum atomic E-state index is 13.2. The van der Waals surface area contributed by atoms with Gasteiger partial charge >= 0.3 is 0 Å². The first-order chi connectivity index (χ1) is 20.3. The molecule has 6 rings (SSSR count). The van der Waals surface area contributed by atoms with Gasteiger partial charge in [-0.15, -0.1) is 0 Å². The molecule has 2 fully saturated rings. The summed E-state index contributed by atoms with van der Waals surface area (Å²) in [5.74, 6) is 0.883. The molecule has 0 atom stereocenters. The Bertz CT molecular complexity index is 1510. The van der Waals surface area contributed by atoms with Gasteiger partial charge in [0, 0.05) is 60.8 Å². The summed E-state index contributed by atoms with van der Waals surface area (Å²) in [6, 6.07) is 20.7. The van der Waals surface area contributed by atoms with Crippen LogP contribution in [0.15, 0.2) is 66.9 Å². The maximum absolute atomic E-state index is 13.2. The summed E-state index contributed by atoms with van der Waals surface area (Å²) in [7, 11) is 2.22. The zero-order valence-electron chi connectivity index (χ0n) is 25.1. The van der Waals surface area contributed by atoms with Gasteiger partial charge in [-0.3, -0.25) is 9.69 Å². The van der Waals surface area contributed by atoms with E-state index in [0.29, 0.717) is 24.2 Å². The summed E-state index contributed by atoms with van der Waals surface area (Å²) < 4.78 is 1.94. The second-order valence-corrected chi connectivity index (χ2v) is 12.8. The van der Waals surface area contributed by atoms with E-state index in [2.05, 4.69) is 45.3 Å². The SMILES string of the molecule is CN1CCN([C@H]2CC[C@@H](c3nn(-c4ccc(NC(=O)C(C)(C)Cc5ccccc5)cc4)c4c(N)nccc43)CC2)CC1. The number of nitrogens with one attached hydrogen (secondary N) is 1. The first-order valence-electron chi connectivity index (χ1n) is 15.3. The summed E-state index contributed by atoms with van der Waals surface area (Å²) in [5.41, 5.74) is 10.7. The Kier molecular flexibility index (Phi) is 8.01. The van der Waals surface area contributed by atoms with Crippen LogP contribution < -0.4 is 11.1 Å². The normalized spacial score (nSPS) is 20.5. The van der Waals surface area contributed by atoms with E-state index in [1.54, 1.807) is 6.20 Å². The molecule has 42 heavy (non-hydrogen) atoms. The number of likely N-dealkylation sites (N-methyl/N-ethyl adjacent to an activating group) is 1. The number of hydrogen-bond donors (Lipinski definition) is 2. The van der Waals surface area contributed by atoms with Crippen molar-refractivity contribution in [3.8, 4) is 5.69 Å². The number of carbonyl (C=O) groups is 1. The summed E-state index contributed by atoms with van der Waals surface area (Å²) in [6.07, 6.45) is 7.14. The molecule has 0 bridgehead atoms. The number of nitrogen functional groups attached to an aromatic ring is 1. The minimum absolute atomic E-state index is 0.00782. The van der Waals surface area contributed by atoms with E-state index in [1.165, 1.54) is 25.9 Å². The first kappa shape index (κ1) is 28.4. The second kappa shape index (κ2) is 11.9. The van der Waals surface area contributed by atoms with Crippen molar-refractivity contribution in [2.75, 3.05) is 44.3 Å². The molecule has 2 aliphatic rings. The highest BCUT2D eigenvalue weighted by molar-refractivity contribution is 5.95. The number of pyridine rings is 1. The molecule has 3 heterocycles. The number of aromatic nitrogens is 3. The molecule has 0 spiro atoms. The molecule has 1 saturated heterocycles. The topological polar surface area (TPSA) is 92.3 Å². The molecule has 4 aromatic rings. The molecule has 1 aliphatic carbocycles. The number of nitrogens with two attached hydrogens (primary N) is 1. The Morgan fingerprint density at radius 1 is 0.952 bits per heavy atom. The van der Waals surface area contributed by atoms with Crippen LogP contribution in [-0.4, -0.2) is 69.7 Å². The predicted octanol–water partition coefficient (Wildman–Crippen LogP) is 5.48. The fourth-order valence-corrected chi connectivity index (χ4v) is 6.67. The average Bonchev–Trinajstić information content (AvgIpc) is 3.39. The van der Waals surface area contributed by atoms with Crippen molar-refractivity contribution in [1.82, 2.24) is 24.6 Å². The van der Waals surface area contributed by atoms with Crippen LogP contribution in [0.25, 0.3) is 16.6 Å². The Balaban J connectivity index is 1.18. The fourth-order valence-electron chi connectivity index (χ4n) is 6.67. The fraction of sp³-hybridized carbons (Fsp3) is 0.441. The molecule has 0 unspecified atom stereocenters. The van der Waals surface area contributed by atoms with Crippen LogP contribution in [0, 0.1) is 5.41 Å². The molecule has 1 aliphatic heterocycles. The Morgan fingerprint density at radius 2 is 1.64 bits per heavy atom. The third-order valence-electron chi connectivity index (χ3n) is 9.26. The van der Waals surface area contributed by atoms with E-state index in [-0.39, 0.29) is 5.91 Å². The van der Waals surface area contributed by atoms with Gasteiger partial charge in [0.05, 0.1) is 11.4 Å². The van der Waals surface area contributed by atoms with Crippen LogP contribution in [0.2, 0.25) is 0 Å². The Hall–Kier alpha value is -3.75. The van der Waals surface area contributed by atoms with E-state index in [4.69, 9.17) is 10.8 Å². The highest BCUT2D eigenvalue weighted by Gasteiger charge is 2.31. The zero-order chi connectivity index (χ0) is 29.3. The lowest BCUT2D eigenvalue weighted by Gasteiger charge is -2.41. The van der Waals surface area contributed by atoms with Gasteiger partial charge in [0.1, 0.15) is 11.3 Å². The summed E-state index contributed by atoms with van der Waals surface area (Å²) in [4.78, 5) is 22.7. The van der Waals surface area contributed by atoms with Gasteiger partial charge in [0.15, 0.2) is 0 Å². The van der Waals surface area contributed by atoms with Gasteiger partial charge in [-0.2, -0.15) is 5.10 Å². The van der Waals surface area contributed by atoms with E-state index < -0.39 is 5.41 Å². The molecule has 8 heteroatoms. The van der Waals surface area contributed by atoms with Crippen LogP contribution in [0.4, 0.5) is 11.5 Å². The van der Waals surface area contributed by atoms with E-state index >= 15 is 0 Å². The largest absolute Gasteiger partial charge is 0.382 e. The minimum atomic E-state index is -0.545. The predicted molar refractivity (Wildman–Crippen MR) is 170 cm³/mol. The number of nitrogens with zero attached hydrogens (tertiary/aromatic N) is 5. The molecular weight excluding hydrogens is 522 g/mol. The monoisotopic (exact) mass is 565 g/mol. The van der Waals surface area contributed by atoms with Gasteiger partial charge in [-0.05, 0) is 75.0 Å². The standard InChI is InChI=1S/C34H43N7O/c1-34(2,23-24-7-5-4-6-8-24)33(42)37-26-11-15-28(16-12-26)41-31-29(17-18-36-32(31)35)30(38-41)25-9-13-27(14-10-25)40-21-19-39(3)20-22-40/h4-8,11-12,15-18,25,27H,9-10,13-14,19-23H2,1-3H3,(H2,35,36)(H,37,42)/t25-,27+. The minimum Gasteiger partial charge on any atom is -0.382 e. The van der Waals surface area contributed by atoms with Crippen LogP contribution in [0.5, 0.6) is 0 Å². The second-order valence-electron chi connectivity index (χ2n) is 12.8. The van der Waals surface area contributed by atoms with Gasteiger partial charge in [0.25, 0.3) is 0 Å². The first-order valence-corrected chi connectivity index (χ1v) is 15.3. The number of amides is 1. The van der Waals surface area contributed by atoms with Crippen molar-refractivity contribution >= 4 is 28.3 Å². The van der Waals surface area contributed by atoms with Crippen molar-refractivity contribution < 1.29 is 4.79 Å². The van der Waals surface area contributed by atoms with Crippen LogP contribution in [0.1, 0.15) is 56.7 Å². The van der Waals surface area contributed by atoms with Crippen LogP contribution in [-0.2, 0) is 11.2 Å². The van der Waals surface area contributed by atoms with Crippen LogP contribution in [0.3, 0.4) is 0 Å². The lowest BCUT2D eigenvalue weighted by atomic mass is 9.82. The van der Waals surface area contributed by atoms with Crippen molar-refractivity contribution in [3.05, 3.63) is 78.1 Å². The molecule has 0 radical (unpaired) electrons. The third-order valence-corrected chi connectivity index (χ3v) is 9.26. The number of piperazine rings is 1. The van der Waals surface area contributed by atoms with E-state index in [9.17, 15) is 4.79 Å². The smallest absolute Gasteiger partial charge is 0.230 e. The van der Waals surface area contributed by atoms with E-state index in [0.717, 1.165) is 59.5 Å². The Morgan fingerprint density at radius 3 is 2.33 bits per heavy atom. The molecule has 3 N–H and O–H groups in total. The molecule has 220 valence electrons. The average molecular weight is 566 g/mol. The highest BCUT2D eigenvalue weighted by atomic mass is 16.2. The number of anilines is 2. The summed E-state index contributed by atoms with van der Waals surface area (Å²) in [5, 5.41) is 9.35. The quantitative estimate of drug-likeness (QED) is 0.308. The molecule has 2 aromatic carbocycles. The molecule has 1 saturated carbocycles. The van der Waals surface area contributed by atoms with Crippen molar-refractivity contribution in [1.29, 1.82) is 0 Å². The van der Waals surface area contributed by atoms with Crippen molar-refractivity contribution in [3.63, 3.8) is 0 Å². The van der Waals surface area contributed by atoms with Gasteiger partial charge in [-0.1, -0.05) is 44.2 Å². The number of fused-ring (bicyclic) bond motifs is 1. The van der Waals surface area contributed by atoms with Crippen molar-refractivity contribution in [2.45, 2.75) is 57.9 Å². The van der Waals surface area contributed by atoms with E-state index in [1.807, 2.05) is 61.0 Å². The van der Waals surface area contributed by atoms with Gasteiger partial charge in [0.2, 0.25) is 5.91 Å². The van der Waals surface area contributed by atoms with Crippen molar-refractivity contribution in [2.24, 2.45) is 5.41 Å². The number of hydrogen-bond acceptors (Lipinski definition) is 6. The number of carbonyl (C=O) groups excluding carboxylic acids is 1. The molecular formula is C34H43N7O. The van der Waals surface area contributed by atoms with Gasteiger partial charge in [-0.25, -0.2) is 9.67 Å². The molecule has 1 amide bonds. The highest BCUT2D eigenvalue weighted by Crippen LogP contribution is 2.39.